The molecule has 1 aromatic heterocycles. The third-order valence-corrected chi connectivity index (χ3v) is 3.74. The van der Waals surface area contributed by atoms with Crippen molar-refractivity contribution in [3.63, 3.8) is 0 Å². The third kappa shape index (κ3) is 2.82. The van der Waals surface area contributed by atoms with Crippen LogP contribution in [0.5, 0.6) is 0 Å². The van der Waals surface area contributed by atoms with Gasteiger partial charge in [-0.15, -0.1) is 0 Å². The molecule has 0 saturated carbocycles. The third-order valence-electron chi connectivity index (χ3n) is 2.82. The van der Waals surface area contributed by atoms with Crippen molar-refractivity contribution >= 4 is 15.9 Å². The van der Waals surface area contributed by atoms with Crippen LogP contribution in [-0.2, 0) is 19.9 Å². The molecule has 1 unspecified atom stereocenters. The molecule has 0 saturated heterocycles. The van der Waals surface area contributed by atoms with Crippen LogP contribution in [0.1, 0.15) is 31.7 Å². The lowest BCUT2D eigenvalue weighted by Gasteiger charge is -2.11. The standard InChI is InChI=1S/C11H19BrN2O/c1-4-8(7-15)6-10-11(12)9(5-2)13-14(10)3/h8,15H,4-7H2,1-3H3. The van der Waals surface area contributed by atoms with E-state index < -0.39 is 0 Å². The first-order valence-electron chi connectivity index (χ1n) is 5.45. The Balaban J connectivity index is 2.88. The van der Waals surface area contributed by atoms with Crippen LogP contribution in [0.3, 0.4) is 0 Å². The summed E-state index contributed by atoms with van der Waals surface area (Å²) in [6.45, 7) is 4.45. The van der Waals surface area contributed by atoms with Crippen LogP contribution in [0, 0.1) is 5.92 Å². The van der Waals surface area contributed by atoms with E-state index in [1.165, 1.54) is 5.69 Å². The number of halogens is 1. The van der Waals surface area contributed by atoms with Crippen LogP contribution in [-0.4, -0.2) is 21.5 Å². The summed E-state index contributed by atoms with van der Waals surface area (Å²) in [7, 11) is 1.96. The Labute approximate surface area is 99.6 Å². The second kappa shape index (κ2) is 5.66. The zero-order valence-corrected chi connectivity index (χ0v) is 11.2. The summed E-state index contributed by atoms with van der Waals surface area (Å²) in [5.41, 5.74) is 2.29. The highest BCUT2D eigenvalue weighted by molar-refractivity contribution is 9.10. The summed E-state index contributed by atoms with van der Waals surface area (Å²) in [5.74, 6) is 0.335. The summed E-state index contributed by atoms with van der Waals surface area (Å²) < 4.78 is 3.03. The Morgan fingerprint density at radius 3 is 2.53 bits per heavy atom. The lowest BCUT2D eigenvalue weighted by atomic mass is 10.0. The van der Waals surface area contributed by atoms with Gasteiger partial charge in [-0.05, 0) is 34.7 Å². The molecule has 0 aliphatic heterocycles. The van der Waals surface area contributed by atoms with Crippen molar-refractivity contribution in [1.29, 1.82) is 0 Å². The Hall–Kier alpha value is -0.350. The predicted octanol–water partition coefficient (Wildman–Crippen LogP) is 2.31. The van der Waals surface area contributed by atoms with Crippen LogP contribution >= 0.6 is 15.9 Å². The second-order valence-corrected chi connectivity index (χ2v) is 4.64. The van der Waals surface area contributed by atoms with E-state index in [0.717, 1.165) is 29.4 Å². The van der Waals surface area contributed by atoms with Crippen LogP contribution in [0.25, 0.3) is 0 Å². The van der Waals surface area contributed by atoms with Gasteiger partial charge in [0.15, 0.2) is 0 Å². The van der Waals surface area contributed by atoms with Gasteiger partial charge >= 0.3 is 0 Å². The fourth-order valence-electron chi connectivity index (χ4n) is 1.65. The molecule has 86 valence electrons. The van der Waals surface area contributed by atoms with Crippen molar-refractivity contribution in [3.8, 4) is 0 Å². The molecule has 15 heavy (non-hydrogen) atoms. The first-order chi connectivity index (χ1) is 7.13. The highest BCUT2D eigenvalue weighted by Gasteiger charge is 2.15. The van der Waals surface area contributed by atoms with Gasteiger partial charge in [-0.1, -0.05) is 20.3 Å². The molecule has 1 N–H and O–H groups in total. The fraction of sp³-hybridized carbons (Fsp3) is 0.727. The molecular formula is C11H19BrN2O. The van der Waals surface area contributed by atoms with Crippen molar-refractivity contribution in [1.82, 2.24) is 9.78 Å². The van der Waals surface area contributed by atoms with Gasteiger partial charge in [-0.3, -0.25) is 4.68 Å². The van der Waals surface area contributed by atoms with Gasteiger partial charge < -0.3 is 5.11 Å². The molecule has 1 rings (SSSR count). The topological polar surface area (TPSA) is 38.0 Å². The molecule has 0 bridgehead atoms. The molecule has 0 fully saturated rings. The largest absolute Gasteiger partial charge is 0.396 e. The molecule has 0 amide bonds. The molecule has 3 nitrogen and oxygen atoms in total. The summed E-state index contributed by atoms with van der Waals surface area (Å²) >= 11 is 3.58. The Kier molecular flexibility index (Phi) is 4.80. The van der Waals surface area contributed by atoms with Crippen LogP contribution in [0.15, 0.2) is 4.47 Å². The minimum atomic E-state index is 0.246. The lowest BCUT2D eigenvalue weighted by molar-refractivity contribution is 0.220. The summed E-state index contributed by atoms with van der Waals surface area (Å²) in [5, 5.41) is 13.6. The SMILES string of the molecule is CCc1nn(C)c(CC(CC)CO)c1Br. The number of hydrogen-bond donors (Lipinski definition) is 1. The highest BCUT2D eigenvalue weighted by Crippen LogP contribution is 2.24. The Morgan fingerprint density at radius 1 is 1.47 bits per heavy atom. The number of hydrogen-bond acceptors (Lipinski definition) is 2. The van der Waals surface area contributed by atoms with E-state index >= 15 is 0 Å². The van der Waals surface area contributed by atoms with Crippen molar-refractivity contribution < 1.29 is 5.11 Å². The zero-order chi connectivity index (χ0) is 11.4. The molecule has 0 aromatic carbocycles. The first-order valence-corrected chi connectivity index (χ1v) is 6.24. The quantitative estimate of drug-likeness (QED) is 0.895. The van der Waals surface area contributed by atoms with Gasteiger partial charge in [0.2, 0.25) is 0 Å². The van der Waals surface area contributed by atoms with Gasteiger partial charge in [-0.2, -0.15) is 5.10 Å². The summed E-state index contributed by atoms with van der Waals surface area (Å²) in [4.78, 5) is 0. The molecule has 4 heteroatoms. The second-order valence-electron chi connectivity index (χ2n) is 3.85. The van der Waals surface area contributed by atoms with Crippen molar-refractivity contribution in [2.45, 2.75) is 33.1 Å². The molecular weight excluding hydrogens is 256 g/mol. The Bertz CT molecular complexity index is 319. The highest BCUT2D eigenvalue weighted by atomic mass is 79.9. The number of aliphatic hydroxyl groups excluding tert-OH is 1. The average molecular weight is 275 g/mol. The maximum atomic E-state index is 9.19. The van der Waals surface area contributed by atoms with Crippen LogP contribution in [0.2, 0.25) is 0 Å². The monoisotopic (exact) mass is 274 g/mol. The maximum absolute atomic E-state index is 9.19. The van der Waals surface area contributed by atoms with Crippen molar-refractivity contribution in [3.05, 3.63) is 15.9 Å². The van der Waals surface area contributed by atoms with Crippen LogP contribution < -0.4 is 0 Å². The molecule has 0 radical (unpaired) electrons. The molecule has 0 aliphatic rings. The summed E-state index contributed by atoms with van der Waals surface area (Å²) in [6.07, 6.45) is 2.82. The zero-order valence-electron chi connectivity index (χ0n) is 9.63. The van der Waals surface area contributed by atoms with Gasteiger partial charge in [0, 0.05) is 13.7 Å². The van der Waals surface area contributed by atoms with Gasteiger partial charge in [0.25, 0.3) is 0 Å². The number of aromatic nitrogens is 2. The van der Waals surface area contributed by atoms with E-state index in [9.17, 15) is 5.11 Å². The molecule has 1 atom stereocenters. The van der Waals surface area contributed by atoms with Gasteiger partial charge in [-0.25, -0.2) is 0 Å². The minimum absolute atomic E-state index is 0.246. The smallest absolute Gasteiger partial charge is 0.0766 e. The van der Waals surface area contributed by atoms with Crippen molar-refractivity contribution in [2.24, 2.45) is 13.0 Å². The molecule has 1 heterocycles. The maximum Gasteiger partial charge on any atom is 0.0766 e. The fourth-order valence-corrected chi connectivity index (χ4v) is 2.43. The first kappa shape index (κ1) is 12.7. The van der Waals surface area contributed by atoms with E-state index in [1.807, 2.05) is 11.7 Å². The van der Waals surface area contributed by atoms with Crippen LogP contribution in [0.4, 0.5) is 0 Å². The molecule has 1 aromatic rings. The van der Waals surface area contributed by atoms with E-state index in [-0.39, 0.29) is 6.61 Å². The van der Waals surface area contributed by atoms with E-state index in [2.05, 4.69) is 34.9 Å². The minimum Gasteiger partial charge on any atom is -0.396 e. The predicted molar refractivity (Wildman–Crippen MR) is 64.9 cm³/mol. The van der Waals surface area contributed by atoms with E-state index in [1.54, 1.807) is 0 Å². The lowest BCUT2D eigenvalue weighted by Crippen LogP contribution is -2.11. The van der Waals surface area contributed by atoms with Gasteiger partial charge in [0.1, 0.15) is 0 Å². The number of nitrogens with zero attached hydrogens (tertiary/aromatic N) is 2. The Morgan fingerprint density at radius 2 is 2.13 bits per heavy atom. The normalized spacial score (nSPS) is 13.1. The molecule has 0 spiro atoms. The molecule has 0 aliphatic carbocycles. The van der Waals surface area contributed by atoms with E-state index in [4.69, 9.17) is 0 Å². The van der Waals surface area contributed by atoms with Gasteiger partial charge in [0.05, 0.1) is 15.9 Å². The summed E-state index contributed by atoms with van der Waals surface area (Å²) in [6, 6.07) is 0. The van der Waals surface area contributed by atoms with Crippen molar-refractivity contribution in [2.75, 3.05) is 6.61 Å². The number of aryl methyl sites for hydroxylation is 2. The van der Waals surface area contributed by atoms with E-state index in [0.29, 0.717) is 5.92 Å². The number of aliphatic hydroxyl groups is 1. The number of rotatable bonds is 5. The average Bonchev–Trinajstić information content (AvgIpc) is 2.51.